The number of nitrogens with two attached hydrogens (primary N) is 1. The van der Waals surface area contributed by atoms with Gasteiger partial charge >= 0.3 is 0 Å². The third-order valence-electron chi connectivity index (χ3n) is 4.70. The average Bonchev–Trinajstić information content (AvgIpc) is 2.92. The highest BCUT2D eigenvalue weighted by atomic mass is 32.1. The van der Waals surface area contributed by atoms with Gasteiger partial charge in [-0.2, -0.15) is 0 Å². The molecule has 0 bridgehead atoms. The Hall–Kier alpha value is -0.930. The number of benzene rings is 1. The van der Waals surface area contributed by atoms with Crippen molar-refractivity contribution in [1.29, 1.82) is 0 Å². The fraction of sp³-hybridized carbons (Fsp3) is 0.588. The number of hydrogen-bond donors (Lipinski definition) is 1. The summed E-state index contributed by atoms with van der Waals surface area (Å²) in [5.74, 6) is 0.500. The van der Waals surface area contributed by atoms with Crippen molar-refractivity contribution in [3.05, 3.63) is 28.8 Å². The minimum Gasteiger partial charge on any atom is -0.330 e. The first-order valence-electron chi connectivity index (χ1n) is 7.76. The van der Waals surface area contributed by atoms with Gasteiger partial charge < -0.3 is 5.73 Å². The highest BCUT2D eigenvalue weighted by molar-refractivity contribution is 7.18. The Morgan fingerprint density at radius 3 is 2.65 bits per heavy atom. The second kappa shape index (κ2) is 5.45. The molecule has 3 heteroatoms. The van der Waals surface area contributed by atoms with E-state index in [1.165, 1.54) is 52.9 Å². The summed E-state index contributed by atoms with van der Waals surface area (Å²) in [7, 11) is 0. The van der Waals surface area contributed by atoms with Crippen LogP contribution in [0.3, 0.4) is 0 Å². The molecule has 108 valence electrons. The van der Waals surface area contributed by atoms with Crippen molar-refractivity contribution in [2.45, 2.75) is 57.3 Å². The van der Waals surface area contributed by atoms with Gasteiger partial charge in [-0.1, -0.05) is 45.2 Å². The lowest BCUT2D eigenvalue weighted by Crippen LogP contribution is -2.37. The minimum absolute atomic E-state index is 0.167. The van der Waals surface area contributed by atoms with Crippen molar-refractivity contribution in [3.8, 4) is 0 Å². The second-order valence-corrected chi connectivity index (χ2v) is 7.47. The van der Waals surface area contributed by atoms with Crippen molar-refractivity contribution in [1.82, 2.24) is 4.98 Å². The maximum absolute atomic E-state index is 6.20. The Kier molecular flexibility index (Phi) is 3.83. The van der Waals surface area contributed by atoms with Crippen LogP contribution in [-0.4, -0.2) is 11.5 Å². The number of hydrogen-bond acceptors (Lipinski definition) is 3. The Morgan fingerprint density at radius 1 is 1.25 bits per heavy atom. The second-order valence-electron chi connectivity index (χ2n) is 6.40. The molecule has 2 N–H and O–H groups in total. The Labute approximate surface area is 125 Å². The first-order valence-corrected chi connectivity index (χ1v) is 8.58. The fourth-order valence-corrected chi connectivity index (χ4v) is 4.45. The zero-order valence-corrected chi connectivity index (χ0v) is 13.3. The summed E-state index contributed by atoms with van der Waals surface area (Å²) >= 11 is 1.84. The first kappa shape index (κ1) is 14.0. The van der Waals surface area contributed by atoms with E-state index in [9.17, 15) is 0 Å². The smallest absolute Gasteiger partial charge is 0.0964 e. The molecular formula is C17H24N2S. The maximum atomic E-state index is 6.20. The van der Waals surface area contributed by atoms with Crippen molar-refractivity contribution in [2.24, 2.45) is 5.73 Å². The molecule has 0 amide bonds. The number of rotatable bonds is 3. The summed E-state index contributed by atoms with van der Waals surface area (Å²) in [6, 6.07) is 6.66. The van der Waals surface area contributed by atoms with Gasteiger partial charge in [0.2, 0.25) is 0 Å². The van der Waals surface area contributed by atoms with Crippen LogP contribution in [0, 0.1) is 0 Å². The van der Waals surface area contributed by atoms with Crippen LogP contribution >= 0.6 is 11.3 Å². The zero-order chi connectivity index (χ0) is 14.2. The lowest BCUT2D eigenvalue weighted by atomic mass is 9.69. The van der Waals surface area contributed by atoms with Crippen LogP contribution in [0.15, 0.2) is 18.2 Å². The van der Waals surface area contributed by atoms with E-state index in [1.807, 2.05) is 11.3 Å². The van der Waals surface area contributed by atoms with Crippen LogP contribution in [-0.2, 0) is 5.41 Å². The summed E-state index contributed by atoms with van der Waals surface area (Å²) in [6.45, 7) is 5.19. The molecule has 20 heavy (non-hydrogen) atoms. The van der Waals surface area contributed by atoms with Crippen molar-refractivity contribution in [3.63, 3.8) is 0 Å². The molecule has 0 atom stereocenters. The number of thiazole rings is 1. The molecule has 1 heterocycles. The highest BCUT2D eigenvalue weighted by Crippen LogP contribution is 2.42. The molecule has 3 rings (SSSR count). The van der Waals surface area contributed by atoms with Crippen LogP contribution in [0.25, 0.3) is 10.2 Å². The molecule has 1 fully saturated rings. The molecule has 2 aromatic rings. The molecule has 1 aliphatic carbocycles. The monoisotopic (exact) mass is 288 g/mol. The molecule has 1 saturated carbocycles. The summed E-state index contributed by atoms with van der Waals surface area (Å²) in [5.41, 5.74) is 8.99. The van der Waals surface area contributed by atoms with Gasteiger partial charge in [-0.05, 0) is 24.5 Å². The zero-order valence-electron chi connectivity index (χ0n) is 12.5. The summed E-state index contributed by atoms with van der Waals surface area (Å²) in [6.07, 6.45) is 6.39. The van der Waals surface area contributed by atoms with Gasteiger partial charge in [0.25, 0.3) is 0 Å². The molecule has 0 unspecified atom stereocenters. The lowest BCUT2D eigenvalue weighted by molar-refractivity contribution is 0.302. The van der Waals surface area contributed by atoms with Crippen molar-refractivity contribution in [2.75, 3.05) is 6.54 Å². The average molecular weight is 288 g/mol. The summed E-state index contributed by atoms with van der Waals surface area (Å²) in [4.78, 5) is 4.94. The van der Waals surface area contributed by atoms with E-state index in [4.69, 9.17) is 10.7 Å². The normalized spacial score (nSPS) is 18.8. The van der Waals surface area contributed by atoms with E-state index >= 15 is 0 Å². The number of aromatic nitrogens is 1. The van der Waals surface area contributed by atoms with Gasteiger partial charge in [0.15, 0.2) is 0 Å². The van der Waals surface area contributed by atoms with Gasteiger partial charge in [0.05, 0.1) is 15.2 Å². The summed E-state index contributed by atoms with van der Waals surface area (Å²) in [5, 5.41) is 1.25. The van der Waals surface area contributed by atoms with Gasteiger partial charge in [0.1, 0.15) is 0 Å². The van der Waals surface area contributed by atoms with Crippen LogP contribution in [0.1, 0.15) is 62.4 Å². The molecule has 0 aliphatic heterocycles. The van der Waals surface area contributed by atoms with Crippen LogP contribution in [0.4, 0.5) is 0 Å². The molecule has 2 nitrogen and oxygen atoms in total. The quantitative estimate of drug-likeness (QED) is 0.897. The van der Waals surface area contributed by atoms with Crippen molar-refractivity contribution < 1.29 is 0 Å². The predicted molar refractivity (Wildman–Crippen MR) is 87.5 cm³/mol. The van der Waals surface area contributed by atoms with Crippen LogP contribution in [0.2, 0.25) is 0 Å². The minimum atomic E-state index is 0.167. The lowest BCUT2D eigenvalue weighted by Gasteiger charge is -2.37. The highest BCUT2D eigenvalue weighted by Gasteiger charge is 2.34. The van der Waals surface area contributed by atoms with Gasteiger partial charge in [0, 0.05) is 17.9 Å². The van der Waals surface area contributed by atoms with Gasteiger partial charge in [-0.15, -0.1) is 11.3 Å². The standard InChI is InChI=1S/C17H24N2S/c1-12(2)16-19-15-13(7-6-8-14(15)20-16)17(11-18)9-4-3-5-10-17/h6-8,12H,3-5,9-11,18H2,1-2H3. The molecule has 0 radical (unpaired) electrons. The molecule has 1 aromatic heterocycles. The fourth-order valence-electron chi connectivity index (χ4n) is 3.45. The SMILES string of the molecule is CC(C)c1nc2c(C3(CN)CCCCC3)cccc2s1. The van der Waals surface area contributed by atoms with E-state index < -0.39 is 0 Å². The Bertz CT molecular complexity index is 594. The first-order chi connectivity index (χ1) is 9.66. The van der Waals surface area contributed by atoms with Crippen LogP contribution < -0.4 is 5.73 Å². The molecular weight excluding hydrogens is 264 g/mol. The number of para-hydroxylation sites is 1. The van der Waals surface area contributed by atoms with Gasteiger partial charge in [-0.3, -0.25) is 0 Å². The maximum Gasteiger partial charge on any atom is 0.0964 e. The molecule has 1 aliphatic rings. The van der Waals surface area contributed by atoms with E-state index in [0.717, 1.165) is 6.54 Å². The molecule has 0 spiro atoms. The van der Waals surface area contributed by atoms with Gasteiger partial charge in [-0.25, -0.2) is 4.98 Å². The number of nitrogens with zero attached hydrogens (tertiary/aromatic N) is 1. The third kappa shape index (κ3) is 2.27. The topological polar surface area (TPSA) is 38.9 Å². The predicted octanol–water partition coefficient (Wildman–Crippen LogP) is 4.58. The molecule has 0 saturated heterocycles. The third-order valence-corrected chi connectivity index (χ3v) is 6.02. The van der Waals surface area contributed by atoms with E-state index in [1.54, 1.807) is 0 Å². The van der Waals surface area contributed by atoms with Crippen molar-refractivity contribution >= 4 is 21.6 Å². The molecule has 1 aromatic carbocycles. The largest absolute Gasteiger partial charge is 0.330 e. The summed E-state index contributed by atoms with van der Waals surface area (Å²) < 4.78 is 1.32. The van der Waals surface area contributed by atoms with E-state index in [0.29, 0.717) is 5.92 Å². The van der Waals surface area contributed by atoms with E-state index in [-0.39, 0.29) is 5.41 Å². The Balaban J connectivity index is 2.14. The Morgan fingerprint density at radius 2 is 2.00 bits per heavy atom. The van der Waals surface area contributed by atoms with Crippen LogP contribution in [0.5, 0.6) is 0 Å². The van der Waals surface area contributed by atoms with E-state index in [2.05, 4.69) is 32.0 Å². The number of fused-ring (bicyclic) bond motifs is 1.